The molecular formula is C11H12ClN3S. The van der Waals surface area contributed by atoms with Crippen LogP contribution in [0.3, 0.4) is 0 Å². The van der Waals surface area contributed by atoms with E-state index < -0.39 is 0 Å². The topological polar surface area (TPSA) is 29.0 Å². The summed E-state index contributed by atoms with van der Waals surface area (Å²) in [7, 11) is 2.04. The molecule has 0 aliphatic rings. The van der Waals surface area contributed by atoms with Crippen LogP contribution in [0.25, 0.3) is 0 Å². The van der Waals surface area contributed by atoms with Crippen LogP contribution in [0.2, 0.25) is 5.15 Å². The van der Waals surface area contributed by atoms with Crippen molar-refractivity contribution < 1.29 is 0 Å². The summed E-state index contributed by atoms with van der Waals surface area (Å²) in [6.45, 7) is 1.61. The molecule has 0 radical (unpaired) electrons. The summed E-state index contributed by atoms with van der Waals surface area (Å²) in [4.78, 5) is 10.5. The number of nitrogens with zero attached hydrogens (tertiary/aromatic N) is 3. The third kappa shape index (κ3) is 3.01. The maximum absolute atomic E-state index is 6.00. The van der Waals surface area contributed by atoms with Crippen molar-refractivity contribution in [2.45, 2.75) is 13.1 Å². The normalized spacial score (nSPS) is 10.9. The quantitative estimate of drug-likeness (QED) is 0.785. The van der Waals surface area contributed by atoms with Crippen molar-refractivity contribution in [3.63, 3.8) is 0 Å². The van der Waals surface area contributed by atoms with Crippen LogP contribution < -0.4 is 0 Å². The lowest BCUT2D eigenvalue weighted by atomic mass is 10.2. The number of pyridine rings is 1. The molecule has 16 heavy (non-hydrogen) atoms. The number of thiazole rings is 1. The highest BCUT2D eigenvalue weighted by Crippen LogP contribution is 2.14. The number of halogens is 1. The average molecular weight is 254 g/mol. The first-order valence-electron chi connectivity index (χ1n) is 4.90. The summed E-state index contributed by atoms with van der Waals surface area (Å²) in [6, 6.07) is 3.89. The Morgan fingerprint density at radius 2 is 2.25 bits per heavy atom. The Balaban J connectivity index is 1.97. The molecule has 0 amide bonds. The number of hydrogen-bond donors (Lipinski definition) is 0. The molecule has 0 unspecified atom stereocenters. The zero-order valence-electron chi connectivity index (χ0n) is 8.93. The zero-order chi connectivity index (χ0) is 11.4. The van der Waals surface area contributed by atoms with Crippen LogP contribution in [-0.2, 0) is 13.1 Å². The second kappa shape index (κ2) is 5.39. The Morgan fingerprint density at radius 1 is 1.38 bits per heavy atom. The molecule has 0 saturated heterocycles. The molecule has 0 bridgehead atoms. The van der Waals surface area contributed by atoms with Gasteiger partial charge in [0.1, 0.15) is 5.15 Å². The van der Waals surface area contributed by atoms with Gasteiger partial charge in [-0.25, -0.2) is 9.97 Å². The second-order valence-corrected chi connectivity index (χ2v) is 4.68. The summed E-state index contributed by atoms with van der Waals surface area (Å²) in [5, 5.41) is 2.63. The summed E-state index contributed by atoms with van der Waals surface area (Å²) in [5.74, 6) is 0. The molecule has 2 aromatic rings. The van der Waals surface area contributed by atoms with Crippen molar-refractivity contribution in [2.24, 2.45) is 0 Å². The monoisotopic (exact) mass is 253 g/mol. The predicted molar refractivity (Wildman–Crippen MR) is 66.5 cm³/mol. The van der Waals surface area contributed by atoms with Gasteiger partial charge in [0.25, 0.3) is 0 Å². The van der Waals surface area contributed by atoms with Gasteiger partial charge >= 0.3 is 0 Å². The molecule has 0 aliphatic heterocycles. The molecule has 0 aliphatic carbocycles. The number of hydrogen-bond acceptors (Lipinski definition) is 4. The van der Waals surface area contributed by atoms with Crippen LogP contribution in [0.4, 0.5) is 0 Å². The third-order valence-electron chi connectivity index (χ3n) is 2.19. The summed E-state index contributed by atoms with van der Waals surface area (Å²) in [6.07, 6.45) is 1.70. The maximum atomic E-state index is 6.00. The smallest absolute Gasteiger partial charge is 0.133 e. The van der Waals surface area contributed by atoms with Gasteiger partial charge in [0.2, 0.25) is 0 Å². The highest BCUT2D eigenvalue weighted by atomic mass is 35.5. The van der Waals surface area contributed by atoms with Gasteiger partial charge in [0, 0.05) is 30.2 Å². The van der Waals surface area contributed by atoms with E-state index in [1.807, 2.05) is 24.7 Å². The SMILES string of the molecule is CN(Cc1cscn1)Cc1cccnc1Cl. The van der Waals surface area contributed by atoms with Crippen LogP contribution in [-0.4, -0.2) is 21.9 Å². The first kappa shape index (κ1) is 11.5. The Kier molecular flexibility index (Phi) is 3.88. The number of aromatic nitrogens is 2. The second-order valence-electron chi connectivity index (χ2n) is 3.61. The van der Waals surface area contributed by atoms with Gasteiger partial charge in [-0.3, -0.25) is 4.90 Å². The largest absolute Gasteiger partial charge is 0.296 e. The molecule has 0 fully saturated rings. The van der Waals surface area contributed by atoms with E-state index in [9.17, 15) is 0 Å². The van der Waals surface area contributed by atoms with E-state index in [0.29, 0.717) is 5.15 Å². The fraction of sp³-hybridized carbons (Fsp3) is 0.273. The van der Waals surface area contributed by atoms with Crippen LogP contribution in [0.15, 0.2) is 29.2 Å². The fourth-order valence-corrected chi connectivity index (χ4v) is 2.20. The standard InChI is InChI=1S/C11H12ClN3S/c1-15(6-10-7-16-8-14-10)5-9-3-2-4-13-11(9)12/h2-4,7-8H,5-6H2,1H3. The predicted octanol–water partition coefficient (Wildman–Crippen LogP) is 2.82. The zero-order valence-corrected chi connectivity index (χ0v) is 10.5. The molecule has 0 spiro atoms. The van der Waals surface area contributed by atoms with Crippen molar-refractivity contribution in [1.82, 2.24) is 14.9 Å². The van der Waals surface area contributed by atoms with Crippen LogP contribution >= 0.6 is 22.9 Å². The Labute approximate surface area is 104 Å². The minimum Gasteiger partial charge on any atom is -0.296 e. The molecule has 0 N–H and O–H groups in total. The van der Waals surface area contributed by atoms with Crippen molar-refractivity contribution in [3.05, 3.63) is 45.6 Å². The molecule has 0 aromatic carbocycles. The van der Waals surface area contributed by atoms with Gasteiger partial charge in [-0.1, -0.05) is 17.7 Å². The highest BCUT2D eigenvalue weighted by Gasteiger charge is 2.06. The molecule has 2 aromatic heterocycles. The van der Waals surface area contributed by atoms with Gasteiger partial charge in [-0.15, -0.1) is 11.3 Å². The van der Waals surface area contributed by atoms with Gasteiger partial charge < -0.3 is 0 Å². The van der Waals surface area contributed by atoms with Crippen molar-refractivity contribution >= 4 is 22.9 Å². The van der Waals surface area contributed by atoms with E-state index in [4.69, 9.17) is 11.6 Å². The van der Waals surface area contributed by atoms with E-state index in [0.717, 1.165) is 24.3 Å². The van der Waals surface area contributed by atoms with Crippen molar-refractivity contribution in [3.8, 4) is 0 Å². The third-order valence-corrected chi connectivity index (χ3v) is 3.17. The Morgan fingerprint density at radius 3 is 2.94 bits per heavy atom. The van der Waals surface area contributed by atoms with Gasteiger partial charge in [0.05, 0.1) is 11.2 Å². The highest BCUT2D eigenvalue weighted by molar-refractivity contribution is 7.07. The molecule has 0 atom stereocenters. The van der Waals surface area contributed by atoms with Gasteiger partial charge in [-0.05, 0) is 13.1 Å². The Hall–Kier alpha value is -0.970. The fourth-order valence-electron chi connectivity index (χ4n) is 1.48. The number of rotatable bonds is 4. The van der Waals surface area contributed by atoms with Gasteiger partial charge in [-0.2, -0.15) is 0 Å². The first-order chi connectivity index (χ1) is 7.75. The van der Waals surface area contributed by atoms with E-state index in [-0.39, 0.29) is 0 Å². The molecule has 84 valence electrons. The molecule has 2 rings (SSSR count). The summed E-state index contributed by atoms with van der Waals surface area (Å²) < 4.78 is 0. The molecule has 3 nitrogen and oxygen atoms in total. The molecule has 5 heteroatoms. The lowest BCUT2D eigenvalue weighted by Crippen LogP contribution is -2.17. The van der Waals surface area contributed by atoms with E-state index in [1.165, 1.54) is 0 Å². The van der Waals surface area contributed by atoms with E-state index in [1.54, 1.807) is 17.5 Å². The summed E-state index contributed by atoms with van der Waals surface area (Å²) >= 11 is 7.61. The van der Waals surface area contributed by atoms with Crippen LogP contribution in [0.5, 0.6) is 0 Å². The van der Waals surface area contributed by atoms with Gasteiger partial charge in [0.15, 0.2) is 0 Å². The molecular weight excluding hydrogens is 242 g/mol. The molecule has 2 heterocycles. The lowest BCUT2D eigenvalue weighted by molar-refractivity contribution is 0.315. The molecule has 0 saturated carbocycles. The van der Waals surface area contributed by atoms with E-state index >= 15 is 0 Å². The Bertz CT molecular complexity index is 444. The van der Waals surface area contributed by atoms with Crippen LogP contribution in [0, 0.1) is 0 Å². The minimum atomic E-state index is 0.577. The first-order valence-corrected chi connectivity index (χ1v) is 6.23. The average Bonchev–Trinajstić information content (AvgIpc) is 2.74. The van der Waals surface area contributed by atoms with Crippen molar-refractivity contribution in [2.75, 3.05) is 7.05 Å². The van der Waals surface area contributed by atoms with E-state index in [2.05, 4.69) is 20.2 Å². The van der Waals surface area contributed by atoms with Crippen molar-refractivity contribution in [1.29, 1.82) is 0 Å². The minimum absolute atomic E-state index is 0.577. The lowest BCUT2D eigenvalue weighted by Gasteiger charge is -2.15. The van der Waals surface area contributed by atoms with Crippen LogP contribution in [0.1, 0.15) is 11.3 Å². The maximum Gasteiger partial charge on any atom is 0.133 e. The summed E-state index contributed by atoms with van der Waals surface area (Å²) in [5.41, 5.74) is 3.98.